The summed E-state index contributed by atoms with van der Waals surface area (Å²) >= 11 is 7.85. The van der Waals surface area contributed by atoms with Gasteiger partial charge in [0, 0.05) is 17.9 Å². The SMILES string of the molecule is O=c1[nH]c(C[NH+]2CCC[C@H]2c2nc3ccccc3s2)nc2cc(Cl)ccc12. The summed E-state index contributed by atoms with van der Waals surface area (Å²) in [7, 11) is 0. The van der Waals surface area contributed by atoms with Crippen molar-refractivity contribution in [2.45, 2.75) is 25.4 Å². The zero-order valence-electron chi connectivity index (χ0n) is 14.5. The number of para-hydroxylation sites is 1. The van der Waals surface area contributed by atoms with Gasteiger partial charge in [-0.1, -0.05) is 23.7 Å². The number of benzene rings is 2. The molecule has 2 atom stereocenters. The monoisotopic (exact) mass is 397 g/mol. The Balaban J connectivity index is 1.47. The van der Waals surface area contributed by atoms with E-state index in [0.29, 0.717) is 34.3 Å². The van der Waals surface area contributed by atoms with Crippen LogP contribution in [0.5, 0.6) is 0 Å². The number of nitrogens with one attached hydrogen (secondary N) is 2. The number of hydrogen-bond acceptors (Lipinski definition) is 4. The molecule has 136 valence electrons. The van der Waals surface area contributed by atoms with E-state index in [4.69, 9.17) is 16.6 Å². The molecule has 3 heterocycles. The number of likely N-dealkylation sites (tertiary alicyclic amines) is 1. The summed E-state index contributed by atoms with van der Waals surface area (Å²) in [6, 6.07) is 13.8. The molecule has 2 N–H and O–H groups in total. The predicted molar refractivity (Wildman–Crippen MR) is 109 cm³/mol. The van der Waals surface area contributed by atoms with Crippen LogP contribution in [0.15, 0.2) is 47.3 Å². The van der Waals surface area contributed by atoms with E-state index in [9.17, 15) is 4.79 Å². The standard InChI is InChI=1S/C20H17ClN4OS/c21-12-7-8-13-15(10-12)22-18(24-19(13)26)11-25-9-3-5-16(25)20-23-14-4-1-2-6-17(14)27-20/h1-2,4,6-8,10,16H,3,5,9,11H2,(H,22,24,26)/p+1/t16-/m0/s1. The fourth-order valence-corrected chi connectivity index (χ4v) is 5.25. The van der Waals surface area contributed by atoms with E-state index in [1.807, 2.05) is 6.07 Å². The lowest BCUT2D eigenvalue weighted by atomic mass is 10.2. The Labute approximate surface area is 164 Å². The van der Waals surface area contributed by atoms with Crippen molar-refractivity contribution in [1.29, 1.82) is 0 Å². The second kappa shape index (κ2) is 6.71. The lowest BCUT2D eigenvalue weighted by molar-refractivity contribution is -0.932. The molecule has 0 aliphatic carbocycles. The van der Waals surface area contributed by atoms with E-state index in [-0.39, 0.29) is 5.56 Å². The second-order valence-corrected chi connectivity index (χ2v) is 8.47. The van der Waals surface area contributed by atoms with Crippen LogP contribution in [0.25, 0.3) is 21.1 Å². The maximum Gasteiger partial charge on any atom is 0.258 e. The smallest absolute Gasteiger partial charge is 0.258 e. The molecule has 2 aromatic heterocycles. The highest BCUT2D eigenvalue weighted by molar-refractivity contribution is 7.18. The van der Waals surface area contributed by atoms with Gasteiger partial charge in [0.1, 0.15) is 12.6 Å². The summed E-state index contributed by atoms with van der Waals surface area (Å²) in [5.74, 6) is 0.706. The number of aromatic nitrogens is 3. The van der Waals surface area contributed by atoms with Gasteiger partial charge in [-0.2, -0.15) is 0 Å². The van der Waals surface area contributed by atoms with Gasteiger partial charge >= 0.3 is 0 Å². The number of quaternary nitrogens is 1. The molecule has 1 unspecified atom stereocenters. The fourth-order valence-electron chi connectivity index (χ4n) is 3.92. The van der Waals surface area contributed by atoms with Crippen molar-refractivity contribution in [3.05, 3.63) is 68.7 Å². The Morgan fingerprint density at radius 2 is 2.07 bits per heavy atom. The van der Waals surface area contributed by atoms with Crippen LogP contribution in [0.4, 0.5) is 0 Å². The van der Waals surface area contributed by atoms with Gasteiger partial charge in [-0.25, -0.2) is 9.97 Å². The maximum atomic E-state index is 12.4. The fraction of sp³-hybridized carbons (Fsp3) is 0.250. The summed E-state index contributed by atoms with van der Waals surface area (Å²) in [5.41, 5.74) is 1.61. The van der Waals surface area contributed by atoms with Crippen molar-refractivity contribution >= 4 is 44.1 Å². The minimum Gasteiger partial charge on any atom is -0.320 e. The molecule has 1 aliphatic heterocycles. The third-order valence-corrected chi connectivity index (χ3v) is 6.59. The Hall–Kier alpha value is -2.28. The van der Waals surface area contributed by atoms with Crippen molar-refractivity contribution in [2.24, 2.45) is 0 Å². The summed E-state index contributed by atoms with van der Waals surface area (Å²) in [5, 5.41) is 2.34. The highest BCUT2D eigenvalue weighted by Crippen LogP contribution is 2.28. The first-order valence-corrected chi connectivity index (χ1v) is 10.3. The van der Waals surface area contributed by atoms with Gasteiger partial charge in [0.15, 0.2) is 10.8 Å². The molecule has 0 saturated carbocycles. The summed E-state index contributed by atoms with van der Waals surface area (Å²) in [6.45, 7) is 1.73. The molecule has 5 rings (SSSR count). The van der Waals surface area contributed by atoms with Crippen molar-refractivity contribution in [3.63, 3.8) is 0 Å². The first-order chi connectivity index (χ1) is 13.2. The third kappa shape index (κ3) is 3.14. The van der Waals surface area contributed by atoms with Crippen molar-refractivity contribution in [1.82, 2.24) is 15.0 Å². The van der Waals surface area contributed by atoms with Crippen LogP contribution < -0.4 is 10.5 Å². The van der Waals surface area contributed by atoms with Crippen LogP contribution in [0.3, 0.4) is 0 Å². The van der Waals surface area contributed by atoms with Gasteiger partial charge in [0.05, 0.1) is 27.7 Å². The van der Waals surface area contributed by atoms with Crippen LogP contribution in [-0.4, -0.2) is 21.5 Å². The van der Waals surface area contributed by atoms with Gasteiger partial charge in [0.2, 0.25) is 0 Å². The first kappa shape index (κ1) is 16.9. The van der Waals surface area contributed by atoms with Gasteiger partial charge in [-0.3, -0.25) is 4.79 Å². The molecule has 7 heteroatoms. The molecule has 0 radical (unpaired) electrons. The number of rotatable bonds is 3. The van der Waals surface area contributed by atoms with E-state index in [2.05, 4.69) is 28.2 Å². The van der Waals surface area contributed by atoms with Gasteiger partial charge in [-0.05, 0) is 30.3 Å². The first-order valence-electron chi connectivity index (χ1n) is 9.06. The summed E-state index contributed by atoms with van der Waals surface area (Å²) in [4.78, 5) is 26.3. The number of fused-ring (bicyclic) bond motifs is 2. The zero-order valence-corrected chi connectivity index (χ0v) is 16.1. The highest BCUT2D eigenvalue weighted by Gasteiger charge is 2.33. The number of hydrogen-bond donors (Lipinski definition) is 2. The Kier molecular flexibility index (Phi) is 4.19. The molecule has 1 saturated heterocycles. The second-order valence-electron chi connectivity index (χ2n) is 6.97. The largest absolute Gasteiger partial charge is 0.320 e. The van der Waals surface area contributed by atoms with E-state index >= 15 is 0 Å². The Bertz CT molecular complexity index is 1170. The minimum atomic E-state index is -0.109. The molecule has 27 heavy (non-hydrogen) atoms. The molecule has 0 bridgehead atoms. The zero-order chi connectivity index (χ0) is 18.4. The van der Waals surface area contributed by atoms with Crippen molar-refractivity contribution < 1.29 is 4.90 Å². The highest BCUT2D eigenvalue weighted by atomic mass is 35.5. The maximum absolute atomic E-state index is 12.4. The number of halogens is 1. The van der Waals surface area contributed by atoms with E-state index in [0.717, 1.165) is 24.9 Å². The Morgan fingerprint density at radius 1 is 1.19 bits per heavy atom. The van der Waals surface area contributed by atoms with E-state index in [1.165, 1.54) is 14.6 Å². The topological polar surface area (TPSA) is 63.1 Å². The molecular weight excluding hydrogens is 380 g/mol. The number of H-pyrrole nitrogens is 1. The van der Waals surface area contributed by atoms with Gasteiger partial charge in [0.25, 0.3) is 5.56 Å². The summed E-state index contributed by atoms with van der Waals surface area (Å²) in [6.07, 6.45) is 2.26. The van der Waals surface area contributed by atoms with Crippen LogP contribution in [0, 0.1) is 0 Å². The quantitative estimate of drug-likeness (QED) is 0.558. The minimum absolute atomic E-state index is 0.109. The predicted octanol–water partition coefficient (Wildman–Crippen LogP) is 3.11. The molecule has 5 nitrogen and oxygen atoms in total. The number of aromatic amines is 1. The van der Waals surface area contributed by atoms with Crippen LogP contribution in [0.2, 0.25) is 5.02 Å². The lowest BCUT2D eigenvalue weighted by Crippen LogP contribution is -3.09. The van der Waals surface area contributed by atoms with Gasteiger partial charge in [-0.15, -0.1) is 11.3 Å². The average Bonchev–Trinajstić information content (AvgIpc) is 3.27. The molecule has 4 aromatic rings. The van der Waals surface area contributed by atoms with E-state index < -0.39 is 0 Å². The molecule has 1 fully saturated rings. The normalized spacial score (nSPS) is 19.9. The van der Waals surface area contributed by atoms with Gasteiger partial charge < -0.3 is 9.88 Å². The Morgan fingerprint density at radius 3 is 2.96 bits per heavy atom. The molecular formula is C20H18ClN4OS+. The van der Waals surface area contributed by atoms with Crippen LogP contribution in [0.1, 0.15) is 29.7 Å². The molecule has 2 aromatic carbocycles. The third-order valence-electron chi connectivity index (χ3n) is 5.20. The molecule has 1 aliphatic rings. The van der Waals surface area contributed by atoms with E-state index in [1.54, 1.807) is 29.5 Å². The van der Waals surface area contributed by atoms with Crippen LogP contribution >= 0.6 is 22.9 Å². The van der Waals surface area contributed by atoms with Crippen molar-refractivity contribution in [2.75, 3.05) is 6.54 Å². The number of nitrogens with zero attached hydrogens (tertiary/aromatic N) is 2. The lowest BCUT2D eigenvalue weighted by Gasteiger charge is -2.19. The molecule has 0 spiro atoms. The number of thiazole rings is 1. The van der Waals surface area contributed by atoms with Crippen molar-refractivity contribution in [3.8, 4) is 0 Å². The molecule has 0 amide bonds. The average molecular weight is 398 g/mol. The summed E-state index contributed by atoms with van der Waals surface area (Å²) < 4.78 is 1.23. The van der Waals surface area contributed by atoms with Crippen LogP contribution in [-0.2, 0) is 6.54 Å².